The van der Waals surface area contributed by atoms with Crippen molar-refractivity contribution in [3.05, 3.63) is 0 Å². The van der Waals surface area contributed by atoms with Crippen molar-refractivity contribution in [3.63, 3.8) is 0 Å². The van der Waals surface area contributed by atoms with Gasteiger partial charge in [0.15, 0.2) is 0 Å². The highest BCUT2D eigenvalue weighted by Gasteiger charge is 2.21. The Balaban J connectivity index is 3.81. The fourth-order valence-electron chi connectivity index (χ4n) is 1.66. The van der Waals surface area contributed by atoms with Crippen LogP contribution in [0.25, 0.3) is 0 Å². The van der Waals surface area contributed by atoms with Crippen molar-refractivity contribution in [2.45, 2.75) is 65.6 Å². The molecule has 0 aliphatic heterocycles. The SMILES string of the molecule is CCCCCOB(CC(C)C#N)OCCCCC. The summed E-state index contributed by atoms with van der Waals surface area (Å²) in [5, 5.41) is 8.84. The Kier molecular flexibility index (Phi) is 12.5. The predicted octanol–water partition coefficient (Wildman–Crippen LogP) is 4.05. The molecule has 0 spiro atoms. The first-order valence-corrected chi connectivity index (χ1v) is 7.37. The lowest BCUT2D eigenvalue weighted by Crippen LogP contribution is -2.26. The van der Waals surface area contributed by atoms with Crippen LogP contribution in [0.3, 0.4) is 0 Å². The summed E-state index contributed by atoms with van der Waals surface area (Å²) in [7, 11) is -0.201. The minimum atomic E-state index is -0.201. The maximum absolute atomic E-state index is 8.84. The third kappa shape index (κ3) is 10.6. The molecule has 0 bridgehead atoms. The minimum Gasteiger partial charge on any atom is -0.411 e. The Hall–Kier alpha value is -0.525. The zero-order valence-electron chi connectivity index (χ0n) is 12.3. The normalized spacial score (nSPS) is 12.1. The van der Waals surface area contributed by atoms with Gasteiger partial charge >= 0.3 is 7.12 Å². The van der Waals surface area contributed by atoms with Gasteiger partial charge in [0.05, 0.1) is 6.07 Å². The molecule has 0 N–H and O–H groups in total. The Labute approximate surface area is 113 Å². The number of nitriles is 1. The molecule has 0 amide bonds. The molecule has 18 heavy (non-hydrogen) atoms. The van der Waals surface area contributed by atoms with Gasteiger partial charge in [-0.2, -0.15) is 5.26 Å². The van der Waals surface area contributed by atoms with Gasteiger partial charge in [-0.05, 0) is 26.1 Å². The molecule has 0 saturated heterocycles. The summed E-state index contributed by atoms with van der Waals surface area (Å²) >= 11 is 0. The topological polar surface area (TPSA) is 42.2 Å². The lowest BCUT2D eigenvalue weighted by molar-refractivity contribution is 0.187. The molecule has 3 nitrogen and oxygen atoms in total. The van der Waals surface area contributed by atoms with E-state index in [0.29, 0.717) is 6.32 Å². The Morgan fingerprint density at radius 1 is 1.00 bits per heavy atom. The molecule has 0 heterocycles. The molecule has 104 valence electrons. The van der Waals surface area contributed by atoms with Crippen molar-refractivity contribution in [1.82, 2.24) is 0 Å². The summed E-state index contributed by atoms with van der Waals surface area (Å²) in [5.41, 5.74) is 0. The van der Waals surface area contributed by atoms with E-state index in [1.165, 1.54) is 25.7 Å². The lowest BCUT2D eigenvalue weighted by atomic mass is 9.78. The van der Waals surface area contributed by atoms with Crippen LogP contribution in [-0.2, 0) is 9.31 Å². The van der Waals surface area contributed by atoms with Gasteiger partial charge in [0.25, 0.3) is 0 Å². The molecular formula is C14H28BNO2. The van der Waals surface area contributed by atoms with E-state index in [1.807, 2.05) is 6.92 Å². The molecule has 4 heteroatoms. The number of rotatable bonds is 12. The summed E-state index contributed by atoms with van der Waals surface area (Å²) in [4.78, 5) is 0. The fourth-order valence-corrected chi connectivity index (χ4v) is 1.66. The van der Waals surface area contributed by atoms with E-state index >= 15 is 0 Å². The molecule has 0 aliphatic rings. The van der Waals surface area contributed by atoms with Crippen molar-refractivity contribution in [3.8, 4) is 6.07 Å². The molecule has 0 aromatic rings. The molecule has 1 unspecified atom stereocenters. The van der Waals surface area contributed by atoms with Crippen LogP contribution in [0.4, 0.5) is 0 Å². The van der Waals surface area contributed by atoms with E-state index < -0.39 is 0 Å². The number of hydrogen-bond donors (Lipinski definition) is 0. The van der Waals surface area contributed by atoms with Crippen LogP contribution in [-0.4, -0.2) is 20.3 Å². The standard InChI is InChI=1S/C14H28BNO2/c1-4-6-8-10-17-15(12-14(3)13-16)18-11-9-7-5-2/h14H,4-12H2,1-3H3. The lowest BCUT2D eigenvalue weighted by Gasteiger charge is -2.15. The molecule has 0 aliphatic carbocycles. The highest BCUT2D eigenvalue weighted by Crippen LogP contribution is 2.10. The van der Waals surface area contributed by atoms with E-state index in [4.69, 9.17) is 14.6 Å². The van der Waals surface area contributed by atoms with Gasteiger partial charge in [0, 0.05) is 19.1 Å². The molecule has 0 rings (SSSR count). The molecule has 0 saturated carbocycles. The molecule has 0 fully saturated rings. The van der Waals surface area contributed by atoms with Gasteiger partial charge in [-0.3, -0.25) is 0 Å². The van der Waals surface area contributed by atoms with Crippen molar-refractivity contribution in [1.29, 1.82) is 5.26 Å². The molecule has 0 aromatic carbocycles. The first-order chi connectivity index (χ1) is 8.74. The van der Waals surface area contributed by atoms with Crippen LogP contribution in [0.5, 0.6) is 0 Å². The summed E-state index contributed by atoms with van der Waals surface area (Å²) in [5.74, 6) is -0.00708. The summed E-state index contributed by atoms with van der Waals surface area (Å²) < 4.78 is 11.4. The Morgan fingerprint density at radius 3 is 1.89 bits per heavy atom. The van der Waals surface area contributed by atoms with Crippen LogP contribution in [0, 0.1) is 17.2 Å². The largest absolute Gasteiger partial charge is 0.458 e. The van der Waals surface area contributed by atoms with E-state index in [-0.39, 0.29) is 13.0 Å². The monoisotopic (exact) mass is 253 g/mol. The van der Waals surface area contributed by atoms with Crippen molar-refractivity contribution in [2.75, 3.05) is 13.2 Å². The highest BCUT2D eigenvalue weighted by molar-refractivity contribution is 6.44. The maximum Gasteiger partial charge on any atom is 0.458 e. The van der Waals surface area contributed by atoms with Gasteiger partial charge in [0.2, 0.25) is 0 Å². The van der Waals surface area contributed by atoms with E-state index in [9.17, 15) is 0 Å². The average Bonchev–Trinajstić information content (AvgIpc) is 2.39. The van der Waals surface area contributed by atoms with E-state index in [0.717, 1.165) is 26.1 Å². The molecular weight excluding hydrogens is 225 g/mol. The van der Waals surface area contributed by atoms with Gasteiger partial charge in [-0.1, -0.05) is 39.5 Å². The van der Waals surface area contributed by atoms with E-state index in [1.54, 1.807) is 0 Å². The van der Waals surface area contributed by atoms with Crippen molar-refractivity contribution >= 4 is 7.12 Å². The van der Waals surface area contributed by atoms with Gasteiger partial charge in [0.1, 0.15) is 0 Å². The quantitative estimate of drug-likeness (QED) is 0.389. The molecule has 0 aromatic heterocycles. The number of unbranched alkanes of at least 4 members (excludes halogenated alkanes) is 4. The summed E-state index contributed by atoms with van der Waals surface area (Å²) in [6.07, 6.45) is 7.60. The average molecular weight is 253 g/mol. The van der Waals surface area contributed by atoms with Crippen LogP contribution < -0.4 is 0 Å². The van der Waals surface area contributed by atoms with Crippen molar-refractivity contribution < 1.29 is 9.31 Å². The maximum atomic E-state index is 8.84. The second-order valence-corrected chi connectivity index (χ2v) is 4.85. The number of hydrogen-bond acceptors (Lipinski definition) is 3. The third-order valence-electron chi connectivity index (χ3n) is 2.87. The Morgan fingerprint density at radius 2 is 1.50 bits per heavy atom. The second kappa shape index (κ2) is 12.9. The van der Waals surface area contributed by atoms with Crippen LogP contribution in [0.15, 0.2) is 0 Å². The van der Waals surface area contributed by atoms with Crippen molar-refractivity contribution in [2.24, 2.45) is 5.92 Å². The fraction of sp³-hybridized carbons (Fsp3) is 0.929. The smallest absolute Gasteiger partial charge is 0.411 e. The summed E-state index contributed by atoms with van der Waals surface area (Å²) in [6, 6.07) is 2.24. The van der Waals surface area contributed by atoms with Crippen LogP contribution in [0.2, 0.25) is 6.32 Å². The minimum absolute atomic E-state index is 0.00708. The van der Waals surface area contributed by atoms with Gasteiger partial charge in [-0.25, -0.2) is 0 Å². The number of nitrogens with zero attached hydrogens (tertiary/aromatic N) is 1. The molecule has 1 atom stereocenters. The zero-order valence-corrected chi connectivity index (χ0v) is 12.3. The highest BCUT2D eigenvalue weighted by atomic mass is 16.6. The molecule has 0 radical (unpaired) electrons. The van der Waals surface area contributed by atoms with Crippen LogP contribution in [0.1, 0.15) is 59.3 Å². The van der Waals surface area contributed by atoms with Gasteiger partial charge in [-0.15, -0.1) is 0 Å². The summed E-state index contributed by atoms with van der Waals surface area (Å²) in [6.45, 7) is 7.75. The van der Waals surface area contributed by atoms with Crippen LogP contribution >= 0.6 is 0 Å². The van der Waals surface area contributed by atoms with Gasteiger partial charge < -0.3 is 9.31 Å². The second-order valence-electron chi connectivity index (χ2n) is 4.85. The predicted molar refractivity (Wildman–Crippen MR) is 76.3 cm³/mol. The first-order valence-electron chi connectivity index (χ1n) is 7.37. The first kappa shape index (κ1) is 17.5. The zero-order chi connectivity index (χ0) is 13.6. The Bertz CT molecular complexity index is 206. The third-order valence-corrected chi connectivity index (χ3v) is 2.87. The van der Waals surface area contributed by atoms with E-state index in [2.05, 4.69) is 19.9 Å².